The first-order chi connectivity index (χ1) is 7.63. The van der Waals surface area contributed by atoms with E-state index < -0.39 is 5.91 Å². The summed E-state index contributed by atoms with van der Waals surface area (Å²) in [6.45, 7) is 0.547. The molecule has 6 heteroatoms. The second-order valence-electron chi connectivity index (χ2n) is 3.21. The van der Waals surface area contributed by atoms with Gasteiger partial charge in [0.1, 0.15) is 5.84 Å². The Morgan fingerprint density at radius 1 is 1.31 bits per heavy atom. The van der Waals surface area contributed by atoms with Gasteiger partial charge in [-0.25, -0.2) is 0 Å². The molecule has 0 saturated heterocycles. The van der Waals surface area contributed by atoms with E-state index in [1.54, 1.807) is 24.3 Å². The van der Waals surface area contributed by atoms with Gasteiger partial charge >= 0.3 is 0 Å². The molecule has 0 unspecified atom stereocenters. The quantitative estimate of drug-likeness (QED) is 0.249. The van der Waals surface area contributed by atoms with Gasteiger partial charge in [-0.05, 0) is 24.3 Å². The fraction of sp³-hybridized carbons (Fsp3) is 0.200. The topological polar surface area (TPSA) is 114 Å². The largest absolute Gasteiger partial charge is 0.409 e. The Labute approximate surface area is 92.9 Å². The van der Waals surface area contributed by atoms with Crippen molar-refractivity contribution in [2.24, 2.45) is 16.6 Å². The number of rotatable bonds is 5. The molecule has 0 saturated carbocycles. The Morgan fingerprint density at radius 2 is 1.94 bits per heavy atom. The number of anilines is 1. The average Bonchev–Trinajstić information content (AvgIpc) is 2.29. The molecule has 0 fully saturated rings. The molecule has 0 spiro atoms. The minimum Gasteiger partial charge on any atom is -0.409 e. The van der Waals surface area contributed by atoms with Crippen LogP contribution in [0.4, 0.5) is 5.69 Å². The molecule has 0 radical (unpaired) electrons. The van der Waals surface area contributed by atoms with Crippen LogP contribution in [0.25, 0.3) is 0 Å². The Balaban J connectivity index is 2.47. The molecule has 1 aromatic rings. The Morgan fingerprint density at radius 3 is 2.44 bits per heavy atom. The zero-order valence-corrected chi connectivity index (χ0v) is 8.68. The normalized spacial score (nSPS) is 11.1. The summed E-state index contributed by atoms with van der Waals surface area (Å²) in [6.07, 6.45) is 0.439. The van der Waals surface area contributed by atoms with Gasteiger partial charge in [-0.2, -0.15) is 0 Å². The Bertz CT molecular complexity index is 386. The Hall–Kier alpha value is -2.24. The second kappa shape index (κ2) is 5.59. The molecule has 1 amide bonds. The molecule has 0 aliphatic carbocycles. The minimum atomic E-state index is -0.455. The van der Waals surface area contributed by atoms with Crippen molar-refractivity contribution in [2.75, 3.05) is 11.9 Å². The van der Waals surface area contributed by atoms with Crippen molar-refractivity contribution in [3.8, 4) is 0 Å². The maximum absolute atomic E-state index is 10.8. The van der Waals surface area contributed by atoms with Crippen LogP contribution in [0.15, 0.2) is 29.4 Å². The second-order valence-corrected chi connectivity index (χ2v) is 3.21. The van der Waals surface area contributed by atoms with Gasteiger partial charge in [-0.3, -0.25) is 4.79 Å². The first-order valence-corrected chi connectivity index (χ1v) is 4.73. The number of carbonyl (C=O) groups excluding carboxylic acids is 1. The first-order valence-electron chi connectivity index (χ1n) is 4.73. The predicted molar refractivity (Wildman–Crippen MR) is 61.5 cm³/mol. The molecule has 6 N–H and O–H groups in total. The van der Waals surface area contributed by atoms with Crippen LogP contribution in [0.2, 0.25) is 0 Å². The molecule has 0 heterocycles. The van der Waals surface area contributed by atoms with E-state index in [9.17, 15) is 4.79 Å². The molecule has 0 aliphatic heterocycles. The lowest BCUT2D eigenvalue weighted by molar-refractivity contribution is 0.100. The van der Waals surface area contributed by atoms with Crippen molar-refractivity contribution < 1.29 is 10.0 Å². The molecule has 16 heavy (non-hydrogen) atoms. The van der Waals surface area contributed by atoms with Gasteiger partial charge in [0.05, 0.1) is 0 Å². The highest BCUT2D eigenvalue weighted by molar-refractivity contribution is 5.93. The number of hydrogen-bond acceptors (Lipinski definition) is 4. The van der Waals surface area contributed by atoms with Gasteiger partial charge < -0.3 is 22.0 Å². The summed E-state index contributed by atoms with van der Waals surface area (Å²) >= 11 is 0. The highest BCUT2D eigenvalue weighted by Gasteiger charge is 1.99. The maximum atomic E-state index is 10.8. The summed E-state index contributed by atoms with van der Waals surface area (Å²) in [4.78, 5) is 10.8. The average molecular weight is 222 g/mol. The highest BCUT2D eigenvalue weighted by Crippen LogP contribution is 2.08. The van der Waals surface area contributed by atoms with Crippen molar-refractivity contribution in [1.82, 2.24) is 0 Å². The number of amidine groups is 1. The third-order valence-corrected chi connectivity index (χ3v) is 2.01. The fourth-order valence-corrected chi connectivity index (χ4v) is 1.14. The molecule has 0 atom stereocenters. The van der Waals surface area contributed by atoms with E-state index in [4.69, 9.17) is 16.7 Å². The number of amides is 1. The third kappa shape index (κ3) is 3.49. The van der Waals surface area contributed by atoms with Crippen LogP contribution < -0.4 is 16.8 Å². The Kier molecular flexibility index (Phi) is 4.14. The lowest BCUT2D eigenvalue weighted by Crippen LogP contribution is -2.16. The maximum Gasteiger partial charge on any atom is 0.248 e. The van der Waals surface area contributed by atoms with Gasteiger partial charge in [0.25, 0.3) is 0 Å². The summed E-state index contributed by atoms with van der Waals surface area (Å²) in [5, 5.41) is 14.2. The monoisotopic (exact) mass is 222 g/mol. The number of hydrogen-bond donors (Lipinski definition) is 4. The third-order valence-electron chi connectivity index (χ3n) is 2.01. The van der Waals surface area contributed by atoms with Crippen LogP contribution in [0, 0.1) is 0 Å². The van der Waals surface area contributed by atoms with Gasteiger partial charge in [0.2, 0.25) is 5.91 Å². The number of carbonyl (C=O) groups is 1. The summed E-state index contributed by atoms with van der Waals surface area (Å²) in [7, 11) is 0. The summed E-state index contributed by atoms with van der Waals surface area (Å²) in [5.74, 6) is -0.288. The number of nitrogens with two attached hydrogens (primary N) is 2. The van der Waals surface area contributed by atoms with E-state index >= 15 is 0 Å². The predicted octanol–water partition coefficient (Wildman–Crippen LogP) is 0.334. The van der Waals surface area contributed by atoms with Crippen molar-refractivity contribution in [3.05, 3.63) is 29.8 Å². The van der Waals surface area contributed by atoms with E-state index in [0.29, 0.717) is 18.5 Å². The molecule has 1 aromatic carbocycles. The number of nitrogens with one attached hydrogen (secondary N) is 1. The zero-order chi connectivity index (χ0) is 12.0. The first kappa shape index (κ1) is 11.8. The highest BCUT2D eigenvalue weighted by atomic mass is 16.4. The van der Waals surface area contributed by atoms with E-state index in [1.807, 2.05) is 0 Å². The smallest absolute Gasteiger partial charge is 0.248 e. The molecule has 86 valence electrons. The van der Waals surface area contributed by atoms with Crippen molar-refractivity contribution in [2.45, 2.75) is 6.42 Å². The molecule has 0 aliphatic rings. The van der Waals surface area contributed by atoms with Crippen LogP contribution in [-0.4, -0.2) is 23.5 Å². The molecule has 0 bridgehead atoms. The van der Waals surface area contributed by atoms with Crippen LogP contribution in [-0.2, 0) is 0 Å². The van der Waals surface area contributed by atoms with Crippen molar-refractivity contribution >= 4 is 17.4 Å². The van der Waals surface area contributed by atoms with E-state index in [2.05, 4.69) is 10.5 Å². The minimum absolute atomic E-state index is 0.168. The van der Waals surface area contributed by atoms with E-state index in [-0.39, 0.29) is 5.84 Å². The number of primary amides is 1. The molecule has 6 nitrogen and oxygen atoms in total. The van der Waals surface area contributed by atoms with Crippen molar-refractivity contribution in [1.29, 1.82) is 0 Å². The standard InChI is InChI=1S/C10H14N4O2/c11-9(14-16)5-6-13-8-3-1-7(2-4-8)10(12)15/h1-4,13,16H,5-6H2,(H2,11,14)(H2,12,15). The van der Waals surface area contributed by atoms with Crippen molar-refractivity contribution in [3.63, 3.8) is 0 Å². The summed E-state index contributed by atoms with van der Waals surface area (Å²) in [5.41, 5.74) is 11.7. The van der Waals surface area contributed by atoms with Gasteiger partial charge in [0.15, 0.2) is 0 Å². The SMILES string of the molecule is NC(=O)c1ccc(NCCC(N)=NO)cc1. The number of oxime groups is 1. The van der Waals surface area contributed by atoms with Gasteiger partial charge in [0, 0.05) is 24.2 Å². The fourth-order valence-electron chi connectivity index (χ4n) is 1.14. The van der Waals surface area contributed by atoms with Crippen LogP contribution in [0.5, 0.6) is 0 Å². The molecular weight excluding hydrogens is 208 g/mol. The van der Waals surface area contributed by atoms with Crippen LogP contribution in [0.1, 0.15) is 16.8 Å². The van der Waals surface area contributed by atoms with Gasteiger partial charge in [-0.15, -0.1) is 0 Å². The van der Waals surface area contributed by atoms with Crippen LogP contribution >= 0.6 is 0 Å². The van der Waals surface area contributed by atoms with Gasteiger partial charge in [-0.1, -0.05) is 5.16 Å². The number of benzene rings is 1. The molecule has 0 aromatic heterocycles. The summed E-state index contributed by atoms with van der Waals surface area (Å²) in [6, 6.07) is 6.75. The van der Waals surface area contributed by atoms with Crippen LogP contribution in [0.3, 0.4) is 0 Å². The van der Waals surface area contributed by atoms with E-state index in [1.165, 1.54) is 0 Å². The molecular formula is C10H14N4O2. The zero-order valence-electron chi connectivity index (χ0n) is 8.68. The number of nitrogens with zero attached hydrogens (tertiary/aromatic N) is 1. The lowest BCUT2D eigenvalue weighted by Gasteiger charge is -2.05. The summed E-state index contributed by atoms with van der Waals surface area (Å²) < 4.78 is 0. The van der Waals surface area contributed by atoms with E-state index in [0.717, 1.165) is 5.69 Å². The lowest BCUT2D eigenvalue weighted by atomic mass is 10.2. The molecule has 1 rings (SSSR count).